The fourth-order valence-electron chi connectivity index (χ4n) is 4.59. The minimum absolute atomic E-state index is 0.0783. The number of benzene rings is 2. The number of amides is 1. The Hall–Kier alpha value is -3.10. The van der Waals surface area contributed by atoms with Gasteiger partial charge in [-0.1, -0.05) is 48.2 Å². The molecule has 3 aliphatic heterocycles. The highest BCUT2D eigenvalue weighted by Gasteiger charge is 2.33. The van der Waals surface area contributed by atoms with Gasteiger partial charge in [-0.2, -0.15) is 0 Å². The summed E-state index contributed by atoms with van der Waals surface area (Å²) >= 11 is 6.94. The second-order valence-electron chi connectivity index (χ2n) is 8.60. The predicted octanol–water partition coefficient (Wildman–Crippen LogP) is 5.36. The van der Waals surface area contributed by atoms with E-state index in [1.54, 1.807) is 4.90 Å². The van der Waals surface area contributed by atoms with Gasteiger partial charge in [-0.25, -0.2) is 4.98 Å². The van der Waals surface area contributed by atoms with E-state index < -0.39 is 0 Å². The van der Waals surface area contributed by atoms with Crippen molar-refractivity contribution in [3.8, 4) is 11.5 Å². The molecule has 0 unspecified atom stereocenters. The lowest BCUT2D eigenvalue weighted by atomic mass is 10.1. The molecule has 6 nitrogen and oxygen atoms in total. The second kappa shape index (κ2) is 8.92. The van der Waals surface area contributed by atoms with Crippen LogP contribution in [0, 0.1) is 0 Å². The van der Waals surface area contributed by atoms with Crippen LogP contribution < -0.4 is 14.4 Å². The van der Waals surface area contributed by atoms with E-state index in [0.29, 0.717) is 21.5 Å². The Bertz CT molecular complexity index is 1330. The molecule has 4 heterocycles. The van der Waals surface area contributed by atoms with Crippen molar-refractivity contribution in [2.75, 3.05) is 24.8 Å². The van der Waals surface area contributed by atoms with Crippen molar-refractivity contribution in [3.05, 3.63) is 64.6 Å². The maximum absolute atomic E-state index is 13.4. The predicted molar refractivity (Wildman–Crippen MR) is 139 cm³/mol. The number of para-hydroxylation sites is 1. The number of carbonyl (C=O) groups is 1. The molecule has 3 aliphatic rings. The van der Waals surface area contributed by atoms with Gasteiger partial charge in [-0.3, -0.25) is 9.69 Å². The van der Waals surface area contributed by atoms with Gasteiger partial charge in [-0.15, -0.1) is 0 Å². The number of hydrogen-bond donors (Lipinski definition) is 0. The van der Waals surface area contributed by atoms with E-state index in [0.717, 1.165) is 59.5 Å². The molecule has 0 radical (unpaired) electrons. The molecule has 0 bridgehead atoms. The zero-order valence-electron chi connectivity index (χ0n) is 18.5. The molecule has 172 valence electrons. The highest BCUT2D eigenvalue weighted by Crippen LogP contribution is 2.38. The third-order valence-electron chi connectivity index (χ3n) is 6.33. The van der Waals surface area contributed by atoms with Gasteiger partial charge in [0.2, 0.25) is 6.79 Å². The summed E-state index contributed by atoms with van der Waals surface area (Å²) in [6.07, 6.45) is 5.53. The number of carbonyl (C=O) groups excluding carboxylic acids is 1. The second-order valence-corrected chi connectivity index (χ2v) is 10.3. The Labute approximate surface area is 207 Å². The molecule has 3 aromatic rings. The summed E-state index contributed by atoms with van der Waals surface area (Å²) < 4.78 is 11.4. The van der Waals surface area contributed by atoms with Crippen LogP contribution in [-0.2, 0) is 11.3 Å². The first kappa shape index (κ1) is 21.4. The average molecular weight is 490 g/mol. The minimum Gasteiger partial charge on any atom is -0.454 e. The molecule has 0 N–H and O–H groups in total. The molecule has 2 aromatic carbocycles. The first-order valence-corrected chi connectivity index (χ1v) is 12.7. The topological polar surface area (TPSA) is 54.9 Å². The van der Waals surface area contributed by atoms with E-state index in [2.05, 4.69) is 17.0 Å². The summed E-state index contributed by atoms with van der Waals surface area (Å²) in [6, 6.07) is 16.0. The Kier molecular flexibility index (Phi) is 5.63. The van der Waals surface area contributed by atoms with Crippen molar-refractivity contribution in [1.29, 1.82) is 0 Å². The Morgan fingerprint density at radius 3 is 2.74 bits per heavy atom. The fraction of sp³-hybridized carbons (Fsp3) is 0.269. The number of ether oxygens (including phenoxy) is 2. The van der Waals surface area contributed by atoms with Crippen LogP contribution in [0.25, 0.3) is 17.0 Å². The highest BCUT2D eigenvalue weighted by molar-refractivity contribution is 8.26. The van der Waals surface area contributed by atoms with Crippen LogP contribution in [0.5, 0.6) is 11.5 Å². The van der Waals surface area contributed by atoms with Crippen molar-refractivity contribution >= 4 is 57.0 Å². The van der Waals surface area contributed by atoms with E-state index in [1.165, 1.54) is 18.2 Å². The van der Waals surface area contributed by atoms with E-state index >= 15 is 0 Å². The SMILES string of the molecule is O=C1/C(=C/c2cc3ccccc3nc2N2CCCCC2)SC(=S)N1Cc1ccc2c(c1)OCO2. The molecule has 6 rings (SSSR count). The number of piperidine rings is 1. The van der Waals surface area contributed by atoms with Crippen LogP contribution in [0.1, 0.15) is 30.4 Å². The van der Waals surface area contributed by atoms with Crippen LogP contribution in [0.4, 0.5) is 5.82 Å². The zero-order valence-corrected chi connectivity index (χ0v) is 20.2. The third kappa shape index (κ3) is 4.01. The Morgan fingerprint density at radius 1 is 1.03 bits per heavy atom. The van der Waals surface area contributed by atoms with Crippen LogP contribution >= 0.6 is 24.0 Å². The standard InChI is InChI=1S/C26H23N3O3S2/c30-25-23(34-26(33)29(25)15-17-8-9-21-22(12-17)32-16-31-21)14-19-13-18-6-2-3-7-20(18)27-24(19)28-10-4-1-5-11-28/h2-3,6-9,12-14H,1,4-5,10-11,15-16H2/b23-14-. The molecule has 0 saturated carbocycles. The average Bonchev–Trinajstić information content (AvgIpc) is 3.44. The number of thioether (sulfide) groups is 1. The minimum atomic E-state index is -0.0783. The van der Waals surface area contributed by atoms with Crippen LogP contribution in [0.15, 0.2) is 53.4 Å². The lowest BCUT2D eigenvalue weighted by Crippen LogP contribution is -2.30. The normalized spacial score (nSPS) is 19.0. The highest BCUT2D eigenvalue weighted by atomic mass is 32.2. The molecular weight excluding hydrogens is 466 g/mol. The van der Waals surface area contributed by atoms with Gasteiger partial charge in [-0.05, 0) is 55.2 Å². The molecule has 34 heavy (non-hydrogen) atoms. The number of thiocarbonyl (C=S) groups is 1. The quantitative estimate of drug-likeness (QED) is 0.361. The van der Waals surface area contributed by atoms with Crippen molar-refractivity contribution in [2.24, 2.45) is 0 Å². The lowest BCUT2D eigenvalue weighted by Gasteiger charge is -2.29. The van der Waals surface area contributed by atoms with Crippen molar-refractivity contribution < 1.29 is 14.3 Å². The summed E-state index contributed by atoms with van der Waals surface area (Å²) in [7, 11) is 0. The maximum Gasteiger partial charge on any atom is 0.266 e. The summed E-state index contributed by atoms with van der Waals surface area (Å²) in [6.45, 7) is 2.59. The Morgan fingerprint density at radius 2 is 1.85 bits per heavy atom. The lowest BCUT2D eigenvalue weighted by molar-refractivity contribution is -0.122. The molecule has 1 amide bonds. The number of hydrogen-bond acceptors (Lipinski definition) is 7. The number of rotatable bonds is 4. The molecular formula is C26H23N3O3S2. The van der Waals surface area contributed by atoms with E-state index in [1.807, 2.05) is 42.5 Å². The van der Waals surface area contributed by atoms with Gasteiger partial charge >= 0.3 is 0 Å². The first-order chi connectivity index (χ1) is 16.7. The van der Waals surface area contributed by atoms with Crippen molar-refractivity contribution in [1.82, 2.24) is 9.88 Å². The van der Waals surface area contributed by atoms with Gasteiger partial charge < -0.3 is 14.4 Å². The Balaban J connectivity index is 1.32. The number of anilines is 1. The third-order valence-corrected chi connectivity index (χ3v) is 7.70. The molecule has 8 heteroatoms. The molecule has 2 saturated heterocycles. The van der Waals surface area contributed by atoms with Crippen molar-refractivity contribution in [3.63, 3.8) is 0 Å². The van der Waals surface area contributed by atoms with E-state index in [9.17, 15) is 4.79 Å². The van der Waals surface area contributed by atoms with Crippen LogP contribution in [0.3, 0.4) is 0 Å². The molecule has 2 fully saturated rings. The molecule has 0 atom stereocenters. The largest absolute Gasteiger partial charge is 0.454 e. The fourth-order valence-corrected chi connectivity index (χ4v) is 5.83. The number of nitrogens with zero attached hydrogens (tertiary/aromatic N) is 3. The molecule has 1 aromatic heterocycles. The monoisotopic (exact) mass is 489 g/mol. The van der Waals surface area contributed by atoms with Crippen LogP contribution in [-0.4, -0.2) is 40.0 Å². The zero-order chi connectivity index (χ0) is 23.1. The number of fused-ring (bicyclic) bond motifs is 2. The summed E-state index contributed by atoms with van der Waals surface area (Å²) in [5.41, 5.74) is 2.88. The van der Waals surface area contributed by atoms with E-state index in [-0.39, 0.29) is 12.7 Å². The summed E-state index contributed by atoms with van der Waals surface area (Å²) in [4.78, 5) is 23.0. The number of aromatic nitrogens is 1. The number of pyridine rings is 1. The maximum atomic E-state index is 13.4. The van der Waals surface area contributed by atoms with Gasteiger partial charge in [0, 0.05) is 24.0 Å². The van der Waals surface area contributed by atoms with Crippen molar-refractivity contribution in [2.45, 2.75) is 25.8 Å². The molecule has 0 aliphatic carbocycles. The summed E-state index contributed by atoms with van der Waals surface area (Å²) in [5.74, 6) is 2.29. The smallest absolute Gasteiger partial charge is 0.266 e. The summed E-state index contributed by atoms with van der Waals surface area (Å²) in [5, 5.41) is 1.06. The van der Waals surface area contributed by atoms with Gasteiger partial charge in [0.15, 0.2) is 11.5 Å². The molecule has 0 spiro atoms. The van der Waals surface area contributed by atoms with Gasteiger partial charge in [0.25, 0.3) is 5.91 Å². The van der Waals surface area contributed by atoms with Gasteiger partial charge in [0.1, 0.15) is 10.1 Å². The first-order valence-electron chi connectivity index (χ1n) is 11.4. The van der Waals surface area contributed by atoms with Crippen LogP contribution in [0.2, 0.25) is 0 Å². The van der Waals surface area contributed by atoms with E-state index in [4.69, 9.17) is 26.7 Å². The van der Waals surface area contributed by atoms with Gasteiger partial charge in [0.05, 0.1) is 17.0 Å².